The number of nitrogens with one attached hydrogen (secondary N) is 1. The molecule has 0 aromatic carbocycles. The molecule has 0 aliphatic rings. The lowest BCUT2D eigenvalue weighted by Crippen LogP contribution is -2.68. The van der Waals surface area contributed by atoms with Crippen molar-refractivity contribution < 1.29 is 22.8 Å². The van der Waals surface area contributed by atoms with Gasteiger partial charge in [0.05, 0.1) is 6.54 Å². The number of hydrogen-bond acceptors (Lipinski definition) is 2. The van der Waals surface area contributed by atoms with Crippen LogP contribution in [0.25, 0.3) is 0 Å². The summed E-state index contributed by atoms with van der Waals surface area (Å²) in [6.45, 7) is 6.38. The van der Waals surface area contributed by atoms with Crippen molar-refractivity contribution in [1.82, 2.24) is 5.32 Å². The van der Waals surface area contributed by atoms with Gasteiger partial charge in [0.15, 0.2) is 5.78 Å². The molecule has 0 saturated carbocycles. The molecule has 6 heteroatoms. The Morgan fingerprint density at radius 1 is 0.850 bits per heavy atom. The Kier molecular flexibility index (Phi) is 5.08. The number of carbonyl (C=O) groups excluding carboxylic acids is 2. The lowest BCUT2D eigenvalue weighted by atomic mass is 9.55. The highest BCUT2D eigenvalue weighted by molar-refractivity contribution is 5.92. The van der Waals surface area contributed by atoms with E-state index in [2.05, 4.69) is 5.32 Å². The van der Waals surface area contributed by atoms with E-state index in [1.54, 1.807) is 0 Å². The Morgan fingerprint density at radius 3 is 1.35 bits per heavy atom. The summed E-state index contributed by atoms with van der Waals surface area (Å²) in [5.74, 6) is -1.54. The van der Waals surface area contributed by atoms with Crippen LogP contribution in [0.1, 0.15) is 48.5 Å². The minimum atomic E-state index is -2.55. The standard InChI is InChI=1S/C14H24F3NO2/c1-9(19)18-8-10(20)14(11(2,3)15,12(4,5)16)13(6,7)17/h8H2,1-7H3,(H,18,19). The molecule has 1 N–H and O–H groups in total. The number of hydrogen-bond donors (Lipinski definition) is 1. The Bertz CT molecular complexity index is 351. The maximum atomic E-state index is 14.7. The highest BCUT2D eigenvalue weighted by Gasteiger charge is 2.69. The van der Waals surface area contributed by atoms with Crippen LogP contribution in [0.15, 0.2) is 0 Å². The molecule has 1 amide bonds. The van der Waals surface area contributed by atoms with Gasteiger partial charge in [-0.05, 0) is 41.5 Å². The summed E-state index contributed by atoms with van der Waals surface area (Å²) in [5, 5.41) is 2.18. The highest BCUT2D eigenvalue weighted by atomic mass is 19.2. The first-order valence-electron chi connectivity index (χ1n) is 6.43. The molecule has 0 aliphatic carbocycles. The van der Waals surface area contributed by atoms with Crippen molar-refractivity contribution in [3.8, 4) is 0 Å². The van der Waals surface area contributed by atoms with Crippen molar-refractivity contribution in [3.63, 3.8) is 0 Å². The van der Waals surface area contributed by atoms with Crippen molar-refractivity contribution >= 4 is 11.7 Å². The molecule has 0 spiro atoms. The summed E-state index contributed by atoms with van der Waals surface area (Å²) >= 11 is 0. The normalized spacial score (nSPS) is 14.1. The van der Waals surface area contributed by atoms with Crippen molar-refractivity contribution in [2.45, 2.75) is 65.5 Å². The molecule has 0 bridgehead atoms. The molecule has 20 heavy (non-hydrogen) atoms. The summed E-state index contributed by atoms with van der Waals surface area (Å²) in [6, 6.07) is 0. The first kappa shape index (κ1) is 18.9. The third kappa shape index (κ3) is 3.15. The molecule has 0 rings (SSSR count). The fraction of sp³-hybridized carbons (Fsp3) is 0.857. The maximum Gasteiger partial charge on any atom is 0.217 e. The van der Waals surface area contributed by atoms with Gasteiger partial charge in [0, 0.05) is 6.92 Å². The van der Waals surface area contributed by atoms with Crippen LogP contribution in [0.4, 0.5) is 13.2 Å². The minimum absolute atomic E-state index is 0.530. The van der Waals surface area contributed by atoms with E-state index < -0.39 is 40.7 Å². The number of carbonyl (C=O) groups is 2. The van der Waals surface area contributed by atoms with Gasteiger partial charge in [0.2, 0.25) is 5.91 Å². The maximum absolute atomic E-state index is 14.7. The van der Waals surface area contributed by atoms with Crippen molar-refractivity contribution in [3.05, 3.63) is 0 Å². The molecule has 0 aliphatic heterocycles. The number of rotatable bonds is 6. The second-order valence-electron chi connectivity index (χ2n) is 6.50. The van der Waals surface area contributed by atoms with E-state index in [4.69, 9.17) is 0 Å². The Labute approximate surface area is 118 Å². The van der Waals surface area contributed by atoms with Gasteiger partial charge in [-0.2, -0.15) is 0 Å². The molecule has 3 nitrogen and oxygen atoms in total. The van der Waals surface area contributed by atoms with Gasteiger partial charge in [-0.3, -0.25) is 9.59 Å². The molecule has 0 aromatic rings. The summed E-state index contributed by atoms with van der Waals surface area (Å²) in [7, 11) is 0. The molecule has 0 saturated heterocycles. The van der Waals surface area contributed by atoms with Crippen LogP contribution in [0, 0.1) is 5.41 Å². The van der Waals surface area contributed by atoms with E-state index in [0.717, 1.165) is 48.5 Å². The summed E-state index contributed by atoms with van der Waals surface area (Å²) in [5.41, 5.74) is -9.92. The predicted molar refractivity (Wildman–Crippen MR) is 71.7 cm³/mol. The van der Waals surface area contributed by atoms with Crippen LogP contribution >= 0.6 is 0 Å². The van der Waals surface area contributed by atoms with Crippen molar-refractivity contribution in [2.24, 2.45) is 5.41 Å². The fourth-order valence-electron chi connectivity index (χ4n) is 3.45. The zero-order chi connectivity index (χ0) is 16.6. The van der Waals surface area contributed by atoms with Crippen LogP contribution in [0.3, 0.4) is 0 Å². The molecule has 0 aromatic heterocycles. The third-order valence-corrected chi connectivity index (χ3v) is 3.59. The summed E-state index contributed by atoms with van der Waals surface area (Å²) in [6.07, 6.45) is 0. The molecule has 0 fully saturated rings. The first-order valence-corrected chi connectivity index (χ1v) is 6.43. The van der Waals surface area contributed by atoms with Gasteiger partial charge < -0.3 is 5.32 Å². The zero-order valence-electron chi connectivity index (χ0n) is 13.2. The van der Waals surface area contributed by atoms with E-state index >= 15 is 0 Å². The van der Waals surface area contributed by atoms with Gasteiger partial charge in [-0.1, -0.05) is 0 Å². The topological polar surface area (TPSA) is 46.2 Å². The monoisotopic (exact) mass is 295 g/mol. The Morgan fingerprint density at radius 2 is 1.15 bits per heavy atom. The lowest BCUT2D eigenvalue weighted by Gasteiger charge is -2.52. The average molecular weight is 295 g/mol. The van der Waals surface area contributed by atoms with Crippen molar-refractivity contribution in [1.29, 1.82) is 0 Å². The van der Waals surface area contributed by atoms with Crippen LogP contribution in [0.2, 0.25) is 0 Å². The van der Waals surface area contributed by atoms with Crippen molar-refractivity contribution in [2.75, 3.05) is 6.54 Å². The highest BCUT2D eigenvalue weighted by Crippen LogP contribution is 2.55. The van der Waals surface area contributed by atoms with E-state index in [-0.39, 0.29) is 0 Å². The zero-order valence-corrected chi connectivity index (χ0v) is 13.2. The van der Waals surface area contributed by atoms with E-state index in [1.165, 1.54) is 0 Å². The van der Waals surface area contributed by atoms with E-state index in [1.807, 2.05) is 0 Å². The predicted octanol–water partition coefficient (Wildman–Crippen LogP) is 2.92. The number of ketones is 1. The summed E-state index contributed by atoms with van der Waals surface area (Å²) < 4.78 is 44.0. The average Bonchev–Trinajstić information content (AvgIpc) is 2.07. The fourth-order valence-corrected chi connectivity index (χ4v) is 3.45. The minimum Gasteiger partial charge on any atom is -0.349 e. The molecule has 0 heterocycles. The van der Waals surface area contributed by atoms with Gasteiger partial charge in [0.1, 0.15) is 22.4 Å². The largest absolute Gasteiger partial charge is 0.349 e. The van der Waals surface area contributed by atoms with Crippen LogP contribution in [-0.2, 0) is 9.59 Å². The number of Topliss-reactive ketones (excluding diaryl/α,β-unsaturated/α-hetero) is 1. The molecule has 0 atom stereocenters. The lowest BCUT2D eigenvalue weighted by molar-refractivity contribution is -0.184. The third-order valence-electron chi connectivity index (χ3n) is 3.59. The number of halogens is 3. The molecular weight excluding hydrogens is 271 g/mol. The second kappa shape index (κ2) is 5.37. The smallest absolute Gasteiger partial charge is 0.217 e. The molecule has 118 valence electrons. The van der Waals surface area contributed by atoms with Gasteiger partial charge >= 0.3 is 0 Å². The SMILES string of the molecule is CC(=O)NCC(=O)C(C(C)(C)F)(C(C)(C)F)C(C)(C)F. The van der Waals surface area contributed by atoms with Crippen LogP contribution < -0.4 is 5.32 Å². The second-order valence-corrected chi connectivity index (χ2v) is 6.50. The Balaban J connectivity index is 6.05. The Hall–Kier alpha value is -1.07. The van der Waals surface area contributed by atoms with E-state index in [9.17, 15) is 22.8 Å². The van der Waals surface area contributed by atoms with Crippen LogP contribution in [0.5, 0.6) is 0 Å². The van der Waals surface area contributed by atoms with Gasteiger partial charge in [0.25, 0.3) is 0 Å². The number of alkyl halides is 3. The van der Waals surface area contributed by atoms with Crippen LogP contribution in [-0.4, -0.2) is 35.2 Å². The van der Waals surface area contributed by atoms with Gasteiger partial charge in [-0.25, -0.2) is 13.2 Å². The quantitative estimate of drug-likeness (QED) is 0.819. The summed E-state index contributed by atoms with van der Waals surface area (Å²) in [4.78, 5) is 23.3. The van der Waals surface area contributed by atoms with E-state index in [0.29, 0.717) is 0 Å². The molecular formula is C14H24F3NO2. The molecule has 0 unspecified atom stereocenters. The first-order chi connectivity index (χ1) is 8.59. The molecule has 0 radical (unpaired) electrons. The van der Waals surface area contributed by atoms with Gasteiger partial charge in [-0.15, -0.1) is 0 Å². The number of amides is 1.